The van der Waals surface area contributed by atoms with Crippen LogP contribution in [-0.2, 0) is 10.0 Å². The minimum absolute atomic E-state index is 0.0498. The zero-order chi connectivity index (χ0) is 20.5. The maximum Gasteiger partial charge on any atom is 0.312 e. The van der Waals surface area contributed by atoms with Gasteiger partial charge < -0.3 is 9.64 Å². The lowest BCUT2D eigenvalue weighted by molar-refractivity contribution is -0.385. The SMILES string of the molecule is COc1ccc(NS(=O)(=O)c2cccc3c(N(C)C)cccc23)cc1[N+](=O)[O-]. The largest absolute Gasteiger partial charge is 0.490 e. The molecular formula is C19H19N3O5S. The van der Waals surface area contributed by atoms with Crippen molar-refractivity contribution in [2.75, 3.05) is 30.8 Å². The lowest BCUT2D eigenvalue weighted by Crippen LogP contribution is -2.14. The van der Waals surface area contributed by atoms with Gasteiger partial charge in [0, 0.05) is 36.6 Å². The molecular weight excluding hydrogens is 382 g/mol. The minimum Gasteiger partial charge on any atom is -0.490 e. The van der Waals surface area contributed by atoms with Crippen LogP contribution < -0.4 is 14.4 Å². The molecule has 146 valence electrons. The number of methoxy groups -OCH3 is 1. The number of hydrogen-bond donors (Lipinski definition) is 1. The summed E-state index contributed by atoms with van der Waals surface area (Å²) in [5.74, 6) is 0.0498. The fourth-order valence-corrected chi connectivity index (χ4v) is 4.27. The van der Waals surface area contributed by atoms with Crippen LogP contribution in [0.3, 0.4) is 0 Å². The van der Waals surface area contributed by atoms with Gasteiger partial charge in [0.25, 0.3) is 10.0 Å². The van der Waals surface area contributed by atoms with Crippen molar-refractivity contribution in [1.29, 1.82) is 0 Å². The Kier molecular flexibility index (Phi) is 5.10. The summed E-state index contributed by atoms with van der Waals surface area (Å²) in [7, 11) is 1.09. The fourth-order valence-electron chi connectivity index (χ4n) is 3.00. The Morgan fingerprint density at radius 2 is 1.71 bits per heavy atom. The Morgan fingerprint density at radius 1 is 1.04 bits per heavy atom. The van der Waals surface area contributed by atoms with E-state index >= 15 is 0 Å². The van der Waals surface area contributed by atoms with Crippen molar-refractivity contribution in [2.24, 2.45) is 0 Å². The molecule has 1 N–H and O–H groups in total. The normalized spacial score (nSPS) is 11.2. The molecule has 0 atom stereocenters. The number of nitrogens with zero attached hydrogens (tertiary/aromatic N) is 2. The number of nitro benzene ring substituents is 1. The first-order chi connectivity index (χ1) is 13.2. The molecule has 0 fully saturated rings. The third kappa shape index (κ3) is 3.56. The van der Waals surface area contributed by atoms with Gasteiger partial charge in [-0.15, -0.1) is 0 Å². The van der Waals surface area contributed by atoms with E-state index in [0.29, 0.717) is 5.39 Å². The minimum atomic E-state index is -3.98. The maximum atomic E-state index is 13.0. The molecule has 0 aliphatic heterocycles. The summed E-state index contributed by atoms with van der Waals surface area (Å²) >= 11 is 0. The molecule has 0 amide bonds. The molecule has 9 heteroatoms. The molecule has 0 aliphatic carbocycles. The predicted octanol–water partition coefficient (Wildman–Crippen LogP) is 3.62. The van der Waals surface area contributed by atoms with Crippen molar-refractivity contribution in [2.45, 2.75) is 4.90 Å². The lowest BCUT2D eigenvalue weighted by Gasteiger charge is -2.17. The summed E-state index contributed by atoms with van der Waals surface area (Å²) < 4.78 is 33.4. The van der Waals surface area contributed by atoms with Crippen molar-refractivity contribution in [3.63, 3.8) is 0 Å². The van der Waals surface area contributed by atoms with E-state index in [1.807, 2.05) is 31.1 Å². The zero-order valence-corrected chi connectivity index (χ0v) is 16.4. The van der Waals surface area contributed by atoms with E-state index in [1.54, 1.807) is 18.2 Å². The van der Waals surface area contributed by atoms with Crippen LogP contribution in [0, 0.1) is 10.1 Å². The molecule has 0 aliphatic rings. The van der Waals surface area contributed by atoms with E-state index in [9.17, 15) is 18.5 Å². The highest BCUT2D eigenvalue weighted by Gasteiger charge is 2.21. The van der Waals surface area contributed by atoms with Crippen LogP contribution in [0.25, 0.3) is 10.8 Å². The predicted molar refractivity (Wildman–Crippen MR) is 109 cm³/mol. The third-order valence-corrected chi connectivity index (χ3v) is 5.70. The molecule has 0 aromatic heterocycles. The van der Waals surface area contributed by atoms with Gasteiger partial charge in [-0.1, -0.05) is 24.3 Å². The molecule has 0 saturated heterocycles. The molecule has 8 nitrogen and oxygen atoms in total. The van der Waals surface area contributed by atoms with E-state index < -0.39 is 14.9 Å². The van der Waals surface area contributed by atoms with Gasteiger partial charge in [0.05, 0.1) is 22.6 Å². The Morgan fingerprint density at radius 3 is 2.36 bits per heavy atom. The van der Waals surface area contributed by atoms with Gasteiger partial charge in [-0.25, -0.2) is 8.42 Å². The second-order valence-electron chi connectivity index (χ2n) is 6.27. The van der Waals surface area contributed by atoms with E-state index in [1.165, 1.54) is 25.3 Å². The number of hydrogen-bond acceptors (Lipinski definition) is 6. The number of ether oxygens (including phenoxy) is 1. The molecule has 3 aromatic rings. The molecule has 0 unspecified atom stereocenters. The summed E-state index contributed by atoms with van der Waals surface area (Å²) in [6.45, 7) is 0. The van der Waals surface area contributed by atoms with Gasteiger partial charge in [-0.2, -0.15) is 0 Å². The number of fused-ring (bicyclic) bond motifs is 1. The smallest absolute Gasteiger partial charge is 0.312 e. The average Bonchev–Trinajstić information content (AvgIpc) is 2.66. The number of anilines is 2. The van der Waals surface area contributed by atoms with Gasteiger partial charge in [0.15, 0.2) is 5.75 Å². The topological polar surface area (TPSA) is 102 Å². The third-order valence-electron chi connectivity index (χ3n) is 4.26. The molecule has 0 saturated carbocycles. The number of benzene rings is 3. The first-order valence-corrected chi connectivity index (χ1v) is 9.77. The zero-order valence-electron chi connectivity index (χ0n) is 15.5. The number of nitrogens with one attached hydrogen (secondary N) is 1. The standard InChI is InChI=1S/C19H19N3O5S/c1-21(2)16-8-4-7-15-14(16)6-5-9-19(15)28(25,26)20-13-10-11-18(27-3)17(12-13)22(23)24/h4-12,20H,1-3H3. The van der Waals surface area contributed by atoms with Crippen molar-refractivity contribution >= 4 is 37.9 Å². The fraction of sp³-hybridized carbons (Fsp3) is 0.158. The highest BCUT2D eigenvalue weighted by Crippen LogP contribution is 2.33. The van der Waals surface area contributed by atoms with Crippen LogP contribution in [0.2, 0.25) is 0 Å². The van der Waals surface area contributed by atoms with Crippen LogP contribution in [0.5, 0.6) is 5.75 Å². The molecule has 0 bridgehead atoms. The van der Waals surface area contributed by atoms with Crippen LogP contribution >= 0.6 is 0 Å². The Hall–Kier alpha value is -3.33. The first kappa shape index (κ1) is 19.4. The van der Waals surface area contributed by atoms with Crippen LogP contribution in [0.15, 0.2) is 59.5 Å². The van der Waals surface area contributed by atoms with E-state index in [2.05, 4.69) is 4.72 Å². The van der Waals surface area contributed by atoms with Crippen LogP contribution in [0.4, 0.5) is 17.1 Å². The summed E-state index contributed by atoms with van der Waals surface area (Å²) in [6.07, 6.45) is 0. The van der Waals surface area contributed by atoms with Crippen molar-refractivity contribution in [1.82, 2.24) is 0 Å². The van der Waals surface area contributed by atoms with E-state index in [4.69, 9.17) is 4.74 Å². The Labute approximate surface area is 162 Å². The maximum absolute atomic E-state index is 13.0. The van der Waals surface area contributed by atoms with Gasteiger partial charge in [-0.05, 0) is 24.3 Å². The Balaban J connectivity index is 2.09. The number of nitro groups is 1. The number of rotatable bonds is 6. The molecule has 3 aromatic carbocycles. The van der Waals surface area contributed by atoms with Gasteiger partial charge >= 0.3 is 5.69 Å². The molecule has 28 heavy (non-hydrogen) atoms. The van der Waals surface area contributed by atoms with Crippen LogP contribution in [-0.4, -0.2) is 34.5 Å². The highest BCUT2D eigenvalue weighted by molar-refractivity contribution is 7.93. The molecule has 0 spiro atoms. The quantitative estimate of drug-likeness (QED) is 0.500. The van der Waals surface area contributed by atoms with Crippen molar-refractivity contribution in [3.8, 4) is 5.75 Å². The van der Waals surface area contributed by atoms with E-state index in [-0.39, 0.29) is 22.0 Å². The monoisotopic (exact) mass is 401 g/mol. The second-order valence-corrected chi connectivity index (χ2v) is 7.92. The Bertz CT molecular complexity index is 1160. The summed E-state index contributed by atoms with van der Waals surface area (Å²) in [6, 6.07) is 14.3. The van der Waals surface area contributed by atoms with Crippen molar-refractivity contribution in [3.05, 3.63) is 64.7 Å². The summed E-state index contributed by atoms with van der Waals surface area (Å²) in [5, 5.41) is 12.5. The lowest BCUT2D eigenvalue weighted by atomic mass is 10.1. The molecule has 0 radical (unpaired) electrons. The van der Waals surface area contributed by atoms with E-state index in [0.717, 1.165) is 17.1 Å². The first-order valence-electron chi connectivity index (χ1n) is 8.29. The average molecular weight is 401 g/mol. The van der Waals surface area contributed by atoms with Gasteiger partial charge in [0.2, 0.25) is 0 Å². The van der Waals surface area contributed by atoms with Crippen molar-refractivity contribution < 1.29 is 18.1 Å². The summed E-state index contributed by atoms with van der Waals surface area (Å²) in [5.41, 5.74) is 0.637. The molecule has 0 heterocycles. The van der Waals surface area contributed by atoms with Gasteiger partial charge in [-0.3, -0.25) is 14.8 Å². The summed E-state index contributed by atoms with van der Waals surface area (Å²) in [4.78, 5) is 12.6. The number of sulfonamides is 1. The van der Waals surface area contributed by atoms with Gasteiger partial charge in [0.1, 0.15) is 0 Å². The second kappa shape index (κ2) is 7.35. The molecule has 3 rings (SSSR count). The van der Waals surface area contributed by atoms with Crippen LogP contribution in [0.1, 0.15) is 0 Å². The highest BCUT2D eigenvalue weighted by atomic mass is 32.2.